The highest BCUT2D eigenvalue weighted by molar-refractivity contribution is 9.10. The van der Waals surface area contributed by atoms with Crippen molar-refractivity contribution < 1.29 is 9.21 Å². The monoisotopic (exact) mass is 254 g/mol. The molecular formula is C9H7BrN2O2. The highest BCUT2D eigenvalue weighted by Crippen LogP contribution is 2.15. The van der Waals surface area contributed by atoms with Gasteiger partial charge in [-0.15, -0.1) is 0 Å². The molecule has 0 fully saturated rings. The zero-order valence-electron chi connectivity index (χ0n) is 7.16. The normalized spacial score (nSPS) is 10.4. The third-order valence-electron chi connectivity index (χ3n) is 1.73. The molecule has 72 valence electrons. The molecule has 0 saturated carbocycles. The zero-order valence-corrected chi connectivity index (χ0v) is 8.74. The molecule has 0 unspecified atom stereocenters. The maximum atomic E-state index is 11.5. The summed E-state index contributed by atoms with van der Waals surface area (Å²) in [4.78, 5) is 18.1. The average molecular weight is 255 g/mol. The molecule has 0 amide bonds. The molecule has 0 aromatic carbocycles. The first kappa shape index (κ1) is 9.21. The fourth-order valence-electron chi connectivity index (χ4n) is 1.11. The van der Waals surface area contributed by atoms with Crippen molar-refractivity contribution in [2.45, 2.75) is 6.42 Å². The van der Waals surface area contributed by atoms with Crippen LogP contribution in [-0.4, -0.2) is 15.8 Å². The Hall–Kier alpha value is -1.36. The molecule has 14 heavy (non-hydrogen) atoms. The van der Waals surface area contributed by atoms with E-state index in [-0.39, 0.29) is 12.2 Å². The molecule has 5 heteroatoms. The van der Waals surface area contributed by atoms with Crippen LogP contribution in [0, 0.1) is 0 Å². The molecule has 0 spiro atoms. The van der Waals surface area contributed by atoms with E-state index in [1.165, 1.54) is 0 Å². The summed E-state index contributed by atoms with van der Waals surface area (Å²) in [7, 11) is 0. The van der Waals surface area contributed by atoms with Gasteiger partial charge in [0.05, 0.1) is 6.42 Å². The number of nitrogens with one attached hydrogen (secondary N) is 1. The Labute approximate surface area is 88.5 Å². The largest absolute Gasteiger partial charge is 0.454 e. The number of ketones is 1. The lowest BCUT2D eigenvalue weighted by molar-refractivity contribution is 0.0977. The summed E-state index contributed by atoms with van der Waals surface area (Å²) in [6.45, 7) is 0. The Balaban J connectivity index is 2.09. The van der Waals surface area contributed by atoms with Gasteiger partial charge < -0.3 is 9.40 Å². The van der Waals surface area contributed by atoms with E-state index < -0.39 is 0 Å². The Bertz CT molecular complexity index is 433. The summed E-state index contributed by atoms with van der Waals surface area (Å²) in [5.41, 5.74) is 0. The van der Waals surface area contributed by atoms with Crippen LogP contribution in [-0.2, 0) is 6.42 Å². The molecule has 0 bridgehead atoms. The molecular weight excluding hydrogens is 248 g/mol. The summed E-state index contributed by atoms with van der Waals surface area (Å²) in [5.74, 6) is 0.896. The Morgan fingerprint density at radius 2 is 2.43 bits per heavy atom. The minimum absolute atomic E-state index is 0.0862. The standard InChI is InChI=1S/C9H7BrN2O2/c10-8-2-1-6(14-8)5-7(13)9-11-3-4-12-9/h1-4H,5H2,(H,11,12). The molecule has 0 atom stereocenters. The van der Waals surface area contributed by atoms with E-state index in [2.05, 4.69) is 25.9 Å². The van der Waals surface area contributed by atoms with Crippen molar-refractivity contribution in [3.05, 3.63) is 40.8 Å². The Morgan fingerprint density at radius 1 is 1.57 bits per heavy atom. The predicted octanol–water partition coefficient (Wildman–Crippen LogP) is 2.19. The van der Waals surface area contributed by atoms with Crippen LogP contribution >= 0.6 is 15.9 Å². The van der Waals surface area contributed by atoms with Gasteiger partial charge in [-0.3, -0.25) is 4.79 Å². The molecule has 2 aromatic heterocycles. The van der Waals surface area contributed by atoms with Crippen LogP contribution < -0.4 is 0 Å². The van der Waals surface area contributed by atoms with Crippen molar-refractivity contribution in [3.8, 4) is 0 Å². The molecule has 0 saturated heterocycles. The minimum atomic E-state index is -0.0862. The quantitative estimate of drug-likeness (QED) is 0.855. The number of carbonyl (C=O) groups excluding carboxylic acids is 1. The number of furan rings is 1. The number of rotatable bonds is 3. The van der Waals surface area contributed by atoms with Gasteiger partial charge in [-0.25, -0.2) is 4.98 Å². The average Bonchev–Trinajstić information content (AvgIpc) is 2.75. The maximum absolute atomic E-state index is 11.5. The summed E-state index contributed by atoms with van der Waals surface area (Å²) in [6.07, 6.45) is 3.38. The number of hydrogen-bond acceptors (Lipinski definition) is 3. The molecule has 0 radical (unpaired) electrons. The van der Waals surface area contributed by atoms with Crippen molar-refractivity contribution in [1.82, 2.24) is 9.97 Å². The lowest BCUT2D eigenvalue weighted by atomic mass is 10.2. The first-order valence-corrected chi connectivity index (χ1v) is 4.82. The zero-order chi connectivity index (χ0) is 9.97. The van der Waals surface area contributed by atoms with E-state index in [9.17, 15) is 4.79 Å². The number of hydrogen-bond donors (Lipinski definition) is 1. The maximum Gasteiger partial charge on any atom is 0.205 e. The molecule has 4 nitrogen and oxygen atoms in total. The van der Waals surface area contributed by atoms with Gasteiger partial charge in [-0.1, -0.05) is 0 Å². The third kappa shape index (κ3) is 1.93. The number of nitrogens with zero attached hydrogens (tertiary/aromatic N) is 1. The van der Waals surface area contributed by atoms with Gasteiger partial charge >= 0.3 is 0 Å². The van der Waals surface area contributed by atoms with E-state index in [1.807, 2.05) is 0 Å². The van der Waals surface area contributed by atoms with Gasteiger partial charge in [0.1, 0.15) is 5.76 Å². The summed E-state index contributed by atoms with van der Waals surface area (Å²) >= 11 is 3.17. The molecule has 0 aliphatic rings. The van der Waals surface area contributed by atoms with Crippen molar-refractivity contribution >= 4 is 21.7 Å². The van der Waals surface area contributed by atoms with Gasteiger partial charge in [-0.05, 0) is 28.1 Å². The molecule has 1 N–H and O–H groups in total. The van der Waals surface area contributed by atoms with Crippen molar-refractivity contribution in [3.63, 3.8) is 0 Å². The number of aromatic amines is 1. The predicted molar refractivity (Wildman–Crippen MR) is 53.0 cm³/mol. The van der Waals surface area contributed by atoms with Crippen molar-refractivity contribution in [1.29, 1.82) is 0 Å². The number of imidazole rings is 1. The molecule has 0 aliphatic carbocycles. The second-order valence-corrected chi connectivity index (χ2v) is 3.53. The van der Waals surface area contributed by atoms with E-state index >= 15 is 0 Å². The van der Waals surface area contributed by atoms with Gasteiger partial charge in [0.2, 0.25) is 5.78 Å². The second kappa shape index (κ2) is 3.79. The summed E-state index contributed by atoms with van der Waals surface area (Å²) in [5, 5.41) is 0. The van der Waals surface area contributed by atoms with Gasteiger partial charge in [0.15, 0.2) is 10.5 Å². The topological polar surface area (TPSA) is 58.9 Å². The Kier molecular flexibility index (Phi) is 2.49. The van der Waals surface area contributed by atoms with Crippen LogP contribution in [0.5, 0.6) is 0 Å². The van der Waals surface area contributed by atoms with Crippen molar-refractivity contribution in [2.24, 2.45) is 0 Å². The van der Waals surface area contributed by atoms with Crippen LogP contribution in [0.3, 0.4) is 0 Å². The van der Waals surface area contributed by atoms with Gasteiger partial charge in [-0.2, -0.15) is 0 Å². The van der Waals surface area contributed by atoms with Crippen molar-refractivity contribution in [2.75, 3.05) is 0 Å². The van der Waals surface area contributed by atoms with Crippen LogP contribution in [0.2, 0.25) is 0 Å². The lowest BCUT2D eigenvalue weighted by Crippen LogP contribution is -2.04. The fraction of sp³-hybridized carbons (Fsp3) is 0.111. The summed E-state index contributed by atoms with van der Waals surface area (Å²) in [6, 6.07) is 3.51. The molecule has 2 rings (SSSR count). The first-order chi connectivity index (χ1) is 6.75. The number of halogens is 1. The third-order valence-corrected chi connectivity index (χ3v) is 2.15. The first-order valence-electron chi connectivity index (χ1n) is 4.02. The number of carbonyl (C=O) groups is 1. The lowest BCUT2D eigenvalue weighted by Gasteiger charge is -1.93. The van der Waals surface area contributed by atoms with Gasteiger partial charge in [0, 0.05) is 12.4 Å². The fourth-order valence-corrected chi connectivity index (χ4v) is 1.45. The molecule has 0 aliphatic heterocycles. The highest BCUT2D eigenvalue weighted by Gasteiger charge is 2.11. The Morgan fingerprint density at radius 3 is 3.00 bits per heavy atom. The minimum Gasteiger partial charge on any atom is -0.454 e. The molecule has 2 heterocycles. The van der Waals surface area contributed by atoms with E-state index in [4.69, 9.17) is 4.42 Å². The number of aromatic nitrogens is 2. The summed E-state index contributed by atoms with van der Waals surface area (Å²) < 4.78 is 5.83. The highest BCUT2D eigenvalue weighted by atomic mass is 79.9. The number of H-pyrrole nitrogens is 1. The molecule has 2 aromatic rings. The van der Waals surface area contributed by atoms with Crippen LogP contribution in [0.15, 0.2) is 33.6 Å². The smallest absolute Gasteiger partial charge is 0.205 e. The van der Waals surface area contributed by atoms with E-state index in [0.717, 1.165) is 0 Å². The van der Waals surface area contributed by atoms with Crippen LogP contribution in [0.25, 0.3) is 0 Å². The van der Waals surface area contributed by atoms with Gasteiger partial charge in [0.25, 0.3) is 0 Å². The van der Waals surface area contributed by atoms with Crippen LogP contribution in [0.4, 0.5) is 0 Å². The van der Waals surface area contributed by atoms with E-state index in [1.54, 1.807) is 24.5 Å². The number of Topliss-reactive ketones (excluding diaryl/α,β-unsaturated/α-hetero) is 1. The van der Waals surface area contributed by atoms with Crippen LogP contribution in [0.1, 0.15) is 16.4 Å². The SMILES string of the molecule is O=C(Cc1ccc(Br)o1)c1ncc[nH]1. The van der Waals surface area contributed by atoms with E-state index in [0.29, 0.717) is 16.3 Å². The second-order valence-electron chi connectivity index (χ2n) is 2.74.